The van der Waals surface area contributed by atoms with E-state index in [1.807, 2.05) is 30.3 Å². The number of aliphatic hydroxyl groups is 1. The van der Waals surface area contributed by atoms with Gasteiger partial charge in [-0.15, -0.1) is 0 Å². The van der Waals surface area contributed by atoms with Crippen molar-refractivity contribution in [3.05, 3.63) is 29.8 Å². The van der Waals surface area contributed by atoms with Gasteiger partial charge in [0.1, 0.15) is 11.8 Å². The van der Waals surface area contributed by atoms with Gasteiger partial charge in [0.2, 0.25) is 0 Å². The highest BCUT2D eigenvalue weighted by Crippen LogP contribution is 2.11. The van der Waals surface area contributed by atoms with Crippen molar-refractivity contribution in [2.45, 2.75) is 32.4 Å². The van der Waals surface area contributed by atoms with E-state index in [0.717, 1.165) is 31.7 Å². The third-order valence-corrected chi connectivity index (χ3v) is 2.53. The summed E-state index contributed by atoms with van der Waals surface area (Å²) < 4.78 is 5.17. The van der Waals surface area contributed by atoms with Gasteiger partial charge in [-0.3, -0.25) is 0 Å². The first kappa shape index (κ1) is 14.5. The number of hydrogen-bond acceptors (Lipinski definition) is 4. The molecule has 1 atom stereocenters. The van der Waals surface area contributed by atoms with Gasteiger partial charge in [-0.2, -0.15) is 5.26 Å². The first-order valence-corrected chi connectivity index (χ1v) is 6.20. The Bertz CT molecular complexity index is 368. The first-order valence-electron chi connectivity index (χ1n) is 6.20. The summed E-state index contributed by atoms with van der Waals surface area (Å²) in [4.78, 5) is 0. The van der Waals surface area contributed by atoms with Crippen LogP contribution in [0.5, 0.6) is 5.75 Å². The SMILES string of the molecule is CC(O)CCCNCc1ccc(OCC#N)cc1. The maximum absolute atomic E-state index is 9.11. The van der Waals surface area contributed by atoms with Crippen LogP contribution in [-0.2, 0) is 6.54 Å². The lowest BCUT2D eigenvalue weighted by molar-refractivity contribution is 0.181. The van der Waals surface area contributed by atoms with Gasteiger partial charge in [-0.1, -0.05) is 12.1 Å². The fourth-order valence-electron chi connectivity index (χ4n) is 1.57. The molecule has 1 aromatic rings. The average molecular weight is 248 g/mol. The maximum atomic E-state index is 9.11. The van der Waals surface area contributed by atoms with Gasteiger partial charge in [0.15, 0.2) is 6.61 Å². The van der Waals surface area contributed by atoms with Crippen molar-refractivity contribution in [3.63, 3.8) is 0 Å². The molecule has 98 valence electrons. The van der Waals surface area contributed by atoms with Crippen LogP contribution >= 0.6 is 0 Å². The lowest BCUT2D eigenvalue weighted by atomic mass is 10.2. The molecule has 18 heavy (non-hydrogen) atoms. The third kappa shape index (κ3) is 6.24. The van der Waals surface area contributed by atoms with Crippen LogP contribution in [0.4, 0.5) is 0 Å². The standard InChI is InChI=1S/C14H20N2O2/c1-12(17)3-2-9-16-11-13-4-6-14(7-5-13)18-10-8-15/h4-7,12,16-17H,2-3,9-11H2,1H3. The Hall–Kier alpha value is -1.57. The molecule has 0 fully saturated rings. The first-order chi connectivity index (χ1) is 8.72. The molecule has 0 bridgehead atoms. The molecular formula is C14H20N2O2. The van der Waals surface area contributed by atoms with E-state index in [1.54, 1.807) is 6.92 Å². The van der Waals surface area contributed by atoms with Crippen LogP contribution in [0.1, 0.15) is 25.3 Å². The molecule has 0 saturated carbocycles. The van der Waals surface area contributed by atoms with Crippen LogP contribution in [0.25, 0.3) is 0 Å². The van der Waals surface area contributed by atoms with Crippen LogP contribution in [-0.4, -0.2) is 24.4 Å². The fraction of sp³-hybridized carbons (Fsp3) is 0.500. The topological polar surface area (TPSA) is 65.3 Å². The predicted molar refractivity (Wildman–Crippen MR) is 70.2 cm³/mol. The molecule has 4 nitrogen and oxygen atoms in total. The zero-order chi connectivity index (χ0) is 13.2. The Kier molecular flexibility index (Phi) is 6.85. The van der Waals surface area contributed by atoms with Crippen LogP contribution in [0, 0.1) is 11.3 Å². The number of ether oxygens (including phenoxy) is 1. The van der Waals surface area contributed by atoms with Gasteiger partial charge in [0, 0.05) is 6.54 Å². The van der Waals surface area contributed by atoms with Gasteiger partial charge >= 0.3 is 0 Å². The number of nitrogens with zero attached hydrogens (tertiary/aromatic N) is 1. The predicted octanol–water partition coefficient (Wildman–Crippen LogP) is 1.84. The highest BCUT2D eigenvalue weighted by Gasteiger charge is 1.97. The molecule has 0 aliphatic rings. The highest BCUT2D eigenvalue weighted by molar-refractivity contribution is 5.27. The Morgan fingerprint density at radius 2 is 2.11 bits per heavy atom. The normalized spacial score (nSPS) is 11.8. The highest BCUT2D eigenvalue weighted by atomic mass is 16.5. The van der Waals surface area contributed by atoms with Gasteiger partial charge < -0.3 is 15.2 Å². The summed E-state index contributed by atoms with van der Waals surface area (Å²) in [6.45, 7) is 3.59. The van der Waals surface area contributed by atoms with E-state index >= 15 is 0 Å². The van der Waals surface area contributed by atoms with Crippen molar-refractivity contribution in [2.75, 3.05) is 13.2 Å². The second-order valence-electron chi connectivity index (χ2n) is 4.26. The van der Waals surface area contributed by atoms with E-state index in [-0.39, 0.29) is 12.7 Å². The zero-order valence-electron chi connectivity index (χ0n) is 10.7. The molecule has 2 N–H and O–H groups in total. The maximum Gasteiger partial charge on any atom is 0.174 e. The molecular weight excluding hydrogens is 228 g/mol. The van der Waals surface area contributed by atoms with Crippen LogP contribution in [0.2, 0.25) is 0 Å². The van der Waals surface area contributed by atoms with Gasteiger partial charge in [0.05, 0.1) is 6.10 Å². The van der Waals surface area contributed by atoms with Gasteiger partial charge in [-0.25, -0.2) is 0 Å². The van der Waals surface area contributed by atoms with E-state index in [2.05, 4.69) is 5.32 Å². The molecule has 0 aliphatic heterocycles. The van der Waals surface area contributed by atoms with Crippen molar-refractivity contribution in [3.8, 4) is 11.8 Å². The summed E-state index contributed by atoms with van der Waals surface area (Å²) in [5, 5.41) is 20.8. The molecule has 0 spiro atoms. The quantitative estimate of drug-likeness (QED) is 0.689. The molecule has 0 radical (unpaired) electrons. The molecule has 0 heterocycles. The van der Waals surface area contributed by atoms with Crippen molar-refractivity contribution in [2.24, 2.45) is 0 Å². The summed E-state index contributed by atoms with van der Waals surface area (Å²) in [7, 11) is 0. The minimum absolute atomic E-state index is 0.0803. The second kappa shape index (κ2) is 8.51. The Morgan fingerprint density at radius 1 is 1.39 bits per heavy atom. The third-order valence-electron chi connectivity index (χ3n) is 2.53. The van der Waals surface area contributed by atoms with E-state index < -0.39 is 0 Å². The Morgan fingerprint density at radius 3 is 2.72 bits per heavy atom. The average Bonchev–Trinajstić information content (AvgIpc) is 2.37. The molecule has 1 rings (SSSR count). The van der Waals surface area contributed by atoms with Crippen molar-refractivity contribution < 1.29 is 9.84 Å². The lowest BCUT2D eigenvalue weighted by Gasteiger charge is -2.07. The number of rotatable bonds is 8. The van der Waals surface area contributed by atoms with E-state index in [1.165, 1.54) is 5.56 Å². The number of nitriles is 1. The minimum Gasteiger partial charge on any atom is -0.479 e. The van der Waals surface area contributed by atoms with Crippen molar-refractivity contribution in [1.82, 2.24) is 5.32 Å². The fourth-order valence-corrected chi connectivity index (χ4v) is 1.57. The summed E-state index contributed by atoms with van der Waals surface area (Å²) in [6, 6.07) is 9.62. The largest absolute Gasteiger partial charge is 0.479 e. The molecule has 0 aliphatic carbocycles. The van der Waals surface area contributed by atoms with Gasteiger partial charge in [0.25, 0.3) is 0 Å². The zero-order valence-corrected chi connectivity index (χ0v) is 10.7. The molecule has 0 aromatic heterocycles. The van der Waals surface area contributed by atoms with Gasteiger partial charge in [-0.05, 0) is 44.0 Å². The summed E-state index contributed by atoms with van der Waals surface area (Å²) >= 11 is 0. The van der Waals surface area contributed by atoms with Crippen molar-refractivity contribution >= 4 is 0 Å². The number of aliphatic hydroxyl groups excluding tert-OH is 1. The van der Waals surface area contributed by atoms with E-state index in [0.29, 0.717) is 0 Å². The van der Waals surface area contributed by atoms with Crippen molar-refractivity contribution in [1.29, 1.82) is 5.26 Å². The van der Waals surface area contributed by atoms with E-state index in [9.17, 15) is 0 Å². The van der Waals surface area contributed by atoms with Crippen LogP contribution in [0.15, 0.2) is 24.3 Å². The Balaban J connectivity index is 2.21. The van der Waals surface area contributed by atoms with Crippen LogP contribution in [0.3, 0.4) is 0 Å². The number of nitrogens with one attached hydrogen (secondary N) is 1. The molecule has 0 amide bonds. The Labute approximate surface area is 108 Å². The van der Waals surface area contributed by atoms with E-state index in [4.69, 9.17) is 15.1 Å². The monoisotopic (exact) mass is 248 g/mol. The minimum atomic E-state index is -0.219. The van der Waals surface area contributed by atoms with Crippen LogP contribution < -0.4 is 10.1 Å². The molecule has 1 aromatic carbocycles. The molecule has 4 heteroatoms. The smallest absolute Gasteiger partial charge is 0.174 e. The molecule has 1 unspecified atom stereocenters. The lowest BCUT2D eigenvalue weighted by Crippen LogP contribution is -2.16. The summed E-state index contributed by atoms with van der Waals surface area (Å²) in [5.41, 5.74) is 1.18. The number of benzene rings is 1. The number of hydrogen-bond donors (Lipinski definition) is 2. The summed E-state index contributed by atoms with van der Waals surface area (Å²) in [5.74, 6) is 0.717. The summed E-state index contributed by atoms with van der Waals surface area (Å²) in [6.07, 6.45) is 1.58. The second-order valence-corrected chi connectivity index (χ2v) is 4.26. The molecule has 0 saturated heterocycles.